The van der Waals surface area contributed by atoms with E-state index in [-0.39, 0.29) is 5.91 Å². The topological polar surface area (TPSA) is 49.6 Å². The van der Waals surface area contributed by atoms with Crippen molar-refractivity contribution in [1.82, 2.24) is 9.80 Å². The van der Waals surface area contributed by atoms with Crippen LogP contribution in [0.1, 0.15) is 35.2 Å². The first-order chi connectivity index (χ1) is 10.3. The molecular weight excluding hydrogens is 262 g/mol. The van der Waals surface area contributed by atoms with E-state index in [1.807, 2.05) is 17.0 Å². The third-order valence-corrected chi connectivity index (χ3v) is 4.69. The van der Waals surface area contributed by atoms with E-state index in [9.17, 15) is 4.79 Å². The molecule has 1 atom stereocenters. The summed E-state index contributed by atoms with van der Waals surface area (Å²) in [5, 5.41) is 0. The van der Waals surface area contributed by atoms with E-state index in [0.29, 0.717) is 12.5 Å². The van der Waals surface area contributed by atoms with Crippen LogP contribution >= 0.6 is 0 Å². The highest BCUT2D eigenvalue weighted by Gasteiger charge is 2.26. The molecule has 0 aliphatic carbocycles. The molecular formula is C17H25N3O. The van der Waals surface area contributed by atoms with Gasteiger partial charge in [0, 0.05) is 25.2 Å². The van der Waals surface area contributed by atoms with Crippen molar-refractivity contribution in [2.45, 2.75) is 25.8 Å². The summed E-state index contributed by atoms with van der Waals surface area (Å²) in [6.45, 7) is 5.67. The number of nitrogens with zero attached hydrogens (tertiary/aromatic N) is 2. The number of amides is 1. The predicted molar refractivity (Wildman–Crippen MR) is 84.0 cm³/mol. The van der Waals surface area contributed by atoms with Gasteiger partial charge in [0.05, 0.1) is 0 Å². The molecule has 1 aromatic carbocycles. The monoisotopic (exact) mass is 287 g/mol. The van der Waals surface area contributed by atoms with Crippen LogP contribution in [0.2, 0.25) is 0 Å². The summed E-state index contributed by atoms with van der Waals surface area (Å²) in [7, 11) is 0. The lowest BCUT2D eigenvalue weighted by Gasteiger charge is -2.18. The molecule has 0 bridgehead atoms. The maximum Gasteiger partial charge on any atom is 0.253 e. The van der Waals surface area contributed by atoms with Crippen LogP contribution < -0.4 is 5.73 Å². The van der Waals surface area contributed by atoms with Gasteiger partial charge in [-0.25, -0.2) is 0 Å². The van der Waals surface area contributed by atoms with Gasteiger partial charge < -0.3 is 10.6 Å². The van der Waals surface area contributed by atoms with E-state index in [1.54, 1.807) is 0 Å². The summed E-state index contributed by atoms with van der Waals surface area (Å²) < 4.78 is 0. The SMILES string of the molecule is NCC1CCN(C(=O)c2cccc(CN3CCCC3)c2)C1. The van der Waals surface area contributed by atoms with Gasteiger partial charge >= 0.3 is 0 Å². The van der Waals surface area contributed by atoms with Crippen LogP contribution in [0.3, 0.4) is 0 Å². The molecule has 2 heterocycles. The van der Waals surface area contributed by atoms with Crippen LogP contribution in [-0.4, -0.2) is 48.4 Å². The fraction of sp³-hybridized carbons (Fsp3) is 0.588. The zero-order chi connectivity index (χ0) is 14.7. The highest BCUT2D eigenvalue weighted by molar-refractivity contribution is 5.94. The number of likely N-dealkylation sites (tertiary alicyclic amines) is 2. The molecule has 2 fully saturated rings. The Bertz CT molecular complexity index is 497. The van der Waals surface area contributed by atoms with Crippen molar-refractivity contribution in [3.05, 3.63) is 35.4 Å². The summed E-state index contributed by atoms with van der Waals surface area (Å²) >= 11 is 0. The van der Waals surface area contributed by atoms with Crippen LogP contribution in [0, 0.1) is 5.92 Å². The first-order valence-corrected chi connectivity index (χ1v) is 8.07. The summed E-state index contributed by atoms with van der Waals surface area (Å²) in [6, 6.07) is 8.14. The fourth-order valence-electron chi connectivity index (χ4n) is 3.39. The first-order valence-electron chi connectivity index (χ1n) is 8.07. The minimum absolute atomic E-state index is 0.161. The highest BCUT2D eigenvalue weighted by atomic mass is 16.2. The molecule has 0 saturated carbocycles. The van der Waals surface area contributed by atoms with Gasteiger partial charge in [-0.1, -0.05) is 12.1 Å². The van der Waals surface area contributed by atoms with Gasteiger partial charge in [-0.2, -0.15) is 0 Å². The van der Waals surface area contributed by atoms with E-state index in [4.69, 9.17) is 5.73 Å². The lowest BCUT2D eigenvalue weighted by Crippen LogP contribution is -2.30. The molecule has 2 N–H and O–H groups in total. The quantitative estimate of drug-likeness (QED) is 0.917. The van der Waals surface area contributed by atoms with Crippen molar-refractivity contribution in [2.24, 2.45) is 11.7 Å². The zero-order valence-corrected chi connectivity index (χ0v) is 12.6. The van der Waals surface area contributed by atoms with E-state index >= 15 is 0 Å². The molecule has 4 heteroatoms. The van der Waals surface area contributed by atoms with Crippen molar-refractivity contribution in [3.63, 3.8) is 0 Å². The third-order valence-electron chi connectivity index (χ3n) is 4.69. The van der Waals surface area contributed by atoms with Crippen molar-refractivity contribution in [3.8, 4) is 0 Å². The van der Waals surface area contributed by atoms with Gasteiger partial charge in [-0.15, -0.1) is 0 Å². The minimum atomic E-state index is 0.161. The third kappa shape index (κ3) is 3.44. The molecule has 1 unspecified atom stereocenters. The molecule has 0 radical (unpaired) electrons. The van der Waals surface area contributed by atoms with Gasteiger partial charge in [0.15, 0.2) is 0 Å². The molecule has 2 aliphatic rings. The second-order valence-electron chi connectivity index (χ2n) is 6.33. The predicted octanol–water partition coefficient (Wildman–Crippen LogP) is 1.70. The van der Waals surface area contributed by atoms with E-state index in [2.05, 4.69) is 17.0 Å². The normalized spacial score (nSPS) is 22.9. The summed E-state index contributed by atoms with van der Waals surface area (Å²) in [4.78, 5) is 17.0. The molecule has 21 heavy (non-hydrogen) atoms. The van der Waals surface area contributed by atoms with Crippen LogP contribution in [0.25, 0.3) is 0 Å². The van der Waals surface area contributed by atoms with Crippen molar-refractivity contribution in [1.29, 1.82) is 0 Å². The standard InChI is InChI=1S/C17H25N3O/c18-11-15-6-9-20(13-15)17(21)16-5-3-4-14(10-16)12-19-7-1-2-8-19/h3-5,10,15H,1-2,6-9,11-13,18H2. The lowest BCUT2D eigenvalue weighted by molar-refractivity contribution is 0.0787. The van der Waals surface area contributed by atoms with Crippen LogP contribution in [0.5, 0.6) is 0 Å². The number of hydrogen-bond donors (Lipinski definition) is 1. The van der Waals surface area contributed by atoms with Crippen LogP contribution in [0.4, 0.5) is 0 Å². The second-order valence-corrected chi connectivity index (χ2v) is 6.33. The minimum Gasteiger partial charge on any atom is -0.338 e. The van der Waals surface area contributed by atoms with Gasteiger partial charge in [0.1, 0.15) is 0 Å². The van der Waals surface area contributed by atoms with E-state index in [1.165, 1.54) is 31.5 Å². The Morgan fingerprint density at radius 1 is 1.24 bits per heavy atom. The maximum atomic E-state index is 12.6. The smallest absolute Gasteiger partial charge is 0.253 e. The first kappa shape index (κ1) is 14.5. The lowest BCUT2D eigenvalue weighted by atomic mass is 10.1. The fourth-order valence-corrected chi connectivity index (χ4v) is 3.39. The maximum absolute atomic E-state index is 12.6. The van der Waals surface area contributed by atoms with E-state index in [0.717, 1.165) is 31.6 Å². The molecule has 0 spiro atoms. The highest BCUT2D eigenvalue weighted by Crippen LogP contribution is 2.19. The summed E-state index contributed by atoms with van der Waals surface area (Å²) in [6.07, 6.45) is 3.63. The number of carbonyl (C=O) groups excluding carboxylic acids is 1. The van der Waals surface area contributed by atoms with Gasteiger partial charge in [-0.05, 0) is 62.5 Å². The Morgan fingerprint density at radius 3 is 2.76 bits per heavy atom. The molecule has 1 aromatic rings. The molecule has 3 rings (SSSR count). The van der Waals surface area contributed by atoms with Gasteiger partial charge in [0.2, 0.25) is 0 Å². The van der Waals surface area contributed by atoms with Crippen molar-refractivity contribution < 1.29 is 4.79 Å². The Balaban J connectivity index is 1.66. The molecule has 4 nitrogen and oxygen atoms in total. The molecule has 2 aliphatic heterocycles. The molecule has 114 valence electrons. The average molecular weight is 287 g/mol. The summed E-state index contributed by atoms with van der Waals surface area (Å²) in [5.41, 5.74) is 7.78. The number of carbonyl (C=O) groups is 1. The molecule has 1 amide bonds. The largest absolute Gasteiger partial charge is 0.338 e. The number of nitrogens with two attached hydrogens (primary N) is 1. The Kier molecular flexibility index (Phi) is 4.56. The number of benzene rings is 1. The Hall–Kier alpha value is -1.39. The zero-order valence-electron chi connectivity index (χ0n) is 12.6. The van der Waals surface area contributed by atoms with Crippen molar-refractivity contribution in [2.75, 3.05) is 32.7 Å². The van der Waals surface area contributed by atoms with Crippen molar-refractivity contribution >= 4 is 5.91 Å². The number of hydrogen-bond acceptors (Lipinski definition) is 3. The number of rotatable bonds is 4. The second kappa shape index (κ2) is 6.58. The van der Waals surface area contributed by atoms with E-state index < -0.39 is 0 Å². The van der Waals surface area contributed by atoms with Gasteiger partial charge in [0.25, 0.3) is 5.91 Å². The average Bonchev–Trinajstić information content (AvgIpc) is 3.17. The summed E-state index contributed by atoms with van der Waals surface area (Å²) in [5.74, 6) is 0.635. The Morgan fingerprint density at radius 2 is 2.05 bits per heavy atom. The Labute approximate surface area is 126 Å². The van der Waals surface area contributed by atoms with Crippen LogP contribution in [-0.2, 0) is 6.54 Å². The molecule has 2 saturated heterocycles. The van der Waals surface area contributed by atoms with Gasteiger partial charge in [-0.3, -0.25) is 9.69 Å². The molecule has 0 aromatic heterocycles. The van der Waals surface area contributed by atoms with Crippen LogP contribution in [0.15, 0.2) is 24.3 Å².